The lowest BCUT2D eigenvalue weighted by molar-refractivity contribution is -0.143. The molecule has 1 fully saturated rings. The van der Waals surface area contributed by atoms with Gasteiger partial charge in [-0.15, -0.1) is 0 Å². The summed E-state index contributed by atoms with van der Waals surface area (Å²) in [7, 11) is 0. The molecule has 0 aromatic heterocycles. The predicted octanol–water partition coefficient (Wildman–Crippen LogP) is 2.73. The molecule has 2 aromatic carbocycles. The zero-order chi connectivity index (χ0) is 21.8. The van der Waals surface area contributed by atoms with E-state index in [1.807, 2.05) is 48.5 Å². The molecule has 1 atom stereocenters. The van der Waals surface area contributed by atoms with E-state index in [4.69, 9.17) is 9.47 Å². The van der Waals surface area contributed by atoms with Gasteiger partial charge in [-0.25, -0.2) is 0 Å². The summed E-state index contributed by atoms with van der Waals surface area (Å²) in [6, 6.07) is 15.3. The highest BCUT2D eigenvalue weighted by atomic mass is 16.6. The van der Waals surface area contributed by atoms with Crippen molar-refractivity contribution in [1.82, 2.24) is 9.80 Å². The molecule has 2 amide bonds. The third-order valence-electron chi connectivity index (χ3n) is 5.70. The highest BCUT2D eigenvalue weighted by Gasteiger charge is 2.32. The molecule has 7 nitrogen and oxygen atoms in total. The Morgan fingerprint density at radius 3 is 2.35 bits per heavy atom. The summed E-state index contributed by atoms with van der Waals surface area (Å²) >= 11 is 0. The number of fused-ring (bicyclic) bond motifs is 1. The Labute approximate surface area is 182 Å². The van der Waals surface area contributed by atoms with Gasteiger partial charge >= 0.3 is 0 Å². The Hall–Kier alpha value is -3.06. The van der Waals surface area contributed by atoms with Gasteiger partial charge in [-0.3, -0.25) is 14.5 Å². The van der Waals surface area contributed by atoms with Gasteiger partial charge in [0.1, 0.15) is 6.61 Å². The first-order valence-corrected chi connectivity index (χ1v) is 10.8. The fourth-order valence-corrected chi connectivity index (χ4v) is 3.83. The van der Waals surface area contributed by atoms with E-state index in [2.05, 4.69) is 24.1 Å². The maximum Gasteiger partial charge on any atom is 0.267 e. The van der Waals surface area contributed by atoms with Crippen LogP contribution in [0, 0.1) is 0 Å². The summed E-state index contributed by atoms with van der Waals surface area (Å²) in [6.45, 7) is 7.24. The lowest BCUT2D eigenvalue weighted by Gasteiger charge is -2.36. The van der Waals surface area contributed by atoms with E-state index >= 15 is 0 Å². The molecule has 2 aliphatic rings. The van der Waals surface area contributed by atoms with E-state index in [-0.39, 0.29) is 18.4 Å². The molecule has 164 valence electrons. The maximum absolute atomic E-state index is 12.8. The van der Waals surface area contributed by atoms with Crippen molar-refractivity contribution in [3.8, 4) is 11.5 Å². The molecule has 0 saturated carbocycles. The number of rotatable bonds is 5. The van der Waals surface area contributed by atoms with Crippen LogP contribution in [-0.4, -0.2) is 67.0 Å². The Kier molecular flexibility index (Phi) is 6.42. The summed E-state index contributed by atoms with van der Waals surface area (Å²) in [4.78, 5) is 29.1. The molecule has 7 heteroatoms. The summed E-state index contributed by atoms with van der Waals surface area (Å²) < 4.78 is 11.5. The van der Waals surface area contributed by atoms with Crippen molar-refractivity contribution >= 4 is 17.5 Å². The van der Waals surface area contributed by atoms with Crippen molar-refractivity contribution in [2.75, 3.05) is 44.6 Å². The molecule has 1 saturated heterocycles. The molecule has 2 heterocycles. The topological polar surface area (TPSA) is 71.1 Å². The third kappa shape index (κ3) is 5.17. The standard InChI is InChI=1S/C24H29N3O4/c1-17(2)18-7-9-19(10-8-18)25-23(28)15-26-11-13-27(14-12-26)24(29)22-16-30-20-5-3-4-6-21(20)31-22/h3-10,17,22H,11-16H2,1-2H3,(H,25,28). The van der Waals surface area contributed by atoms with Gasteiger partial charge in [0, 0.05) is 31.9 Å². The fourth-order valence-electron chi connectivity index (χ4n) is 3.83. The van der Waals surface area contributed by atoms with Gasteiger partial charge in [0.2, 0.25) is 12.0 Å². The number of amides is 2. The lowest BCUT2D eigenvalue weighted by atomic mass is 10.0. The van der Waals surface area contributed by atoms with Crippen LogP contribution in [0.25, 0.3) is 0 Å². The van der Waals surface area contributed by atoms with E-state index in [1.165, 1.54) is 5.56 Å². The molecule has 31 heavy (non-hydrogen) atoms. The van der Waals surface area contributed by atoms with Gasteiger partial charge in [-0.05, 0) is 35.7 Å². The summed E-state index contributed by atoms with van der Waals surface area (Å²) in [5, 5.41) is 2.95. The van der Waals surface area contributed by atoms with Gasteiger partial charge < -0.3 is 19.7 Å². The SMILES string of the molecule is CC(C)c1ccc(NC(=O)CN2CCN(C(=O)C3COc4ccccc4O3)CC2)cc1. The molecule has 2 aliphatic heterocycles. The monoisotopic (exact) mass is 423 g/mol. The van der Waals surface area contributed by atoms with Crippen molar-refractivity contribution < 1.29 is 19.1 Å². The van der Waals surface area contributed by atoms with Crippen LogP contribution in [0.2, 0.25) is 0 Å². The molecule has 0 aliphatic carbocycles. The van der Waals surface area contributed by atoms with Gasteiger partial charge in [0.25, 0.3) is 5.91 Å². The van der Waals surface area contributed by atoms with Gasteiger partial charge in [0.05, 0.1) is 6.54 Å². The number of ether oxygens (including phenoxy) is 2. The minimum Gasteiger partial charge on any atom is -0.485 e. The molecular weight excluding hydrogens is 394 g/mol. The zero-order valence-corrected chi connectivity index (χ0v) is 18.0. The second-order valence-electron chi connectivity index (χ2n) is 8.29. The molecule has 0 radical (unpaired) electrons. The lowest BCUT2D eigenvalue weighted by Crippen LogP contribution is -2.54. The highest BCUT2D eigenvalue weighted by Crippen LogP contribution is 2.31. The van der Waals surface area contributed by atoms with Crippen LogP contribution in [0.1, 0.15) is 25.3 Å². The Morgan fingerprint density at radius 2 is 1.68 bits per heavy atom. The van der Waals surface area contributed by atoms with Crippen molar-refractivity contribution in [3.05, 3.63) is 54.1 Å². The predicted molar refractivity (Wildman–Crippen MR) is 119 cm³/mol. The molecule has 1 unspecified atom stereocenters. The number of benzene rings is 2. The normalized spacial score (nSPS) is 18.7. The van der Waals surface area contributed by atoms with Gasteiger partial charge in [-0.2, -0.15) is 0 Å². The van der Waals surface area contributed by atoms with Crippen molar-refractivity contribution in [2.45, 2.75) is 25.9 Å². The van der Waals surface area contributed by atoms with Crippen LogP contribution in [0.5, 0.6) is 11.5 Å². The van der Waals surface area contributed by atoms with Gasteiger partial charge in [0.15, 0.2) is 11.5 Å². The Balaban J connectivity index is 1.23. The number of nitrogens with zero attached hydrogens (tertiary/aromatic N) is 2. The average Bonchev–Trinajstić information content (AvgIpc) is 2.79. The van der Waals surface area contributed by atoms with Crippen LogP contribution in [0.3, 0.4) is 0 Å². The van der Waals surface area contributed by atoms with E-state index < -0.39 is 6.10 Å². The average molecular weight is 424 g/mol. The number of carbonyl (C=O) groups is 2. The second-order valence-corrected chi connectivity index (χ2v) is 8.29. The van der Waals surface area contributed by atoms with E-state index in [1.54, 1.807) is 4.90 Å². The quantitative estimate of drug-likeness (QED) is 0.801. The van der Waals surface area contributed by atoms with Crippen molar-refractivity contribution in [3.63, 3.8) is 0 Å². The van der Waals surface area contributed by atoms with Gasteiger partial charge in [-0.1, -0.05) is 38.1 Å². The first-order chi connectivity index (χ1) is 15.0. The number of hydrogen-bond donors (Lipinski definition) is 1. The van der Waals surface area contributed by atoms with E-state index in [0.29, 0.717) is 50.1 Å². The van der Waals surface area contributed by atoms with Crippen LogP contribution < -0.4 is 14.8 Å². The zero-order valence-electron chi connectivity index (χ0n) is 18.0. The molecule has 0 spiro atoms. The van der Waals surface area contributed by atoms with Crippen LogP contribution in [0.15, 0.2) is 48.5 Å². The van der Waals surface area contributed by atoms with Crippen molar-refractivity contribution in [2.24, 2.45) is 0 Å². The summed E-state index contributed by atoms with van der Waals surface area (Å²) in [5.74, 6) is 1.62. The fraction of sp³-hybridized carbons (Fsp3) is 0.417. The van der Waals surface area contributed by atoms with E-state index in [0.717, 1.165) is 5.69 Å². The second kappa shape index (κ2) is 9.39. The number of carbonyl (C=O) groups excluding carboxylic acids is 2. The van der Waals surface area contributed by atoms with E-state index in [9.17, 15) is 9.59 Å². The Bertz CT molecular complexity index is 921. The minimum absolute atomic E-state index is 0.0438. The summed E-state index contributed by atoms with van der Waals surface area (Å²) in [6.07, 6.45) is -0.626. The molecule has 2 aromatic rings. The summed E-state index contributed by atoms with van der Waals surface area (Å²) in [5.41, 5.74) is 2.05. The number of piperazine rings is 1. The minimum atomic E-state index is -0.626. The highest BCUT2D eigenvalue weighted by molar-refractivity contribution is 5.92. The molecular formula is C24H29N3O4. The van der Waals surface area contributed by atoms with Crippen molar-refractivity contribution in [1.29, 1.82) is 0 Å². The van der Waals surface area contributed by atoms with Crippen LogP contribution >= 0.6 is 0 Å². The number of nitrogens with one attached hydrogen (secondary N) is 1. The largest absolute Gasteiger partial charge is 0.485 e. The van der Waals surface area contributed by atoms with Crippen LogP contribution in [0.4, 0.5) is 5.69 Å². The molecule has 0 bridgehead atoms. The molecule has 4 rings (SSSR count). The first-order valence-electron chi connectivity index (χ1n) is 10.8. The Morgan fingerprint density at radius 1 is 1.00 bits per heavy atom. The number of anilines is 1. The number of para-hydroxylation sites is 2. The first kappa shape index (κ1) is 21.2. The smallest absolute Gasteiger partial charge is 0.267 e. The van der Waals surface area contributed by atoms with Crippen LogP contribution in [-0.2, 0) is 9.59 Å². The third-order valence-corrected chi connectivity index (χ3v) is 5.70. The number of hydrogen-bond acceptors (Lipinski definition) is 5. The maximum atomic E-state index is 12.8. The molecule has 1 N–H and O–H groups in total.